The Bertz CT molecular complexity index is 1270. The molecule has 160 valence electrons. The summed E-state index contributed by atoms with van der Waals surface area (Å²) in [4.78, 5) is 19.6. The standard InChI is InChI=1S/C25H24N6O/c26-14-18-3-5-20(6-4-18)25(32)30-11-1-2-19(9-12-30)17-31-13-10-23-24(31)8-7-22(29-23)21-15-27-28-16-21/h3-8,10,13,15-16,19H,1-2,9,11-12,17H2,(H,27,28). The van der Waals surface area contributed by atoms with Crippen LogP contribution in [0.15, 0.2) is 61.1 Å². The minimum absolute atomic E-state index is 0.0533. The smallest absolute Gasteiger partial charge is 0.253 e. The van der Waals surface area contributed by atoms with Crippen molar-refractivity contribution in [2.24, 2.45) is 5.92 Å². The molecule has 0 saturated carbocycles. The average molecular weight is 425 g/mol. The molecule has 1 atom stereocenters. The van der Waals surface area contributed by atoms with Crippen LogP contribution in [0, 0.1) is 17.2 Å². The van der Waals surface area contributed by atoms with E-state index in [1.807, 2.05) is 17.2 Å². The van der Waals surface area contributed by atoms with Gasteiger partial charge in [0, 0.05) is 43.2 Å². The maximum Gasteiger partial charge on any atom is 0.253 e. The van der Waals surface area contributed by atoms with Gasteiger partial charge in [0.15, 0.2) is 0 Å². The van der Waals surface area contributed by atoms with Crippen LogP contribution in [0.3, 0.4) is 0 Å². The van der Waals surface area contributed by atoms with Crippen LogP contribution >= 0.6 is 0 Å². The molecule has 1 aromatic carbocycles. The minimum atomic E-state index is 0.0533. The fourth-order valence-corrected chi connectivity index (χ4v) is 4.48. The van der Waals surface area contributed by atoms with Crippen LogP contribution in [0.5, 0.6) is 0 Å². The molecule has 7 heteroatoms. The molecule has 4 aromatic rings. The van der Waals surface area contributed by atoms with Crippen molar-refractivity contribution in [3.63, 3.8) is 0 Å². The van der Waals surface area contributed by atoms with E-state index in [0.29, 0.717) is 17.0 Å². The van der Waals surface area contributed by atoms with Gasteiger partial charge in [0.05, 0.1) is 34.6 Å². The van der Waals surface area contributed by atoms with E-state index >= 15 is 0 Å². The lowest BCUT2D eigenvalue weighted by Gasteiger charge is -2.21. The summed E-state index contributed by atoms with van der Waals surface area (Å²) >= 11 is 0. The summed E-state index contributed by atoms with van der Waals surface area (Å²) in [5.41, 5.74) is 5.23. The quantitative estimate of drug-likeness (QED) is 0.530. The molecule has 1 amide bonds. The number of carbonyl (C=O) groups is 1. The van der Waals surface area contributed by atoms with Gasteiger partial charge in [-0.05, 0) is 67.6 Å². The predicted molar refractivity (Wildman–Crippen MR) is 122 cm³/mol. The Morgan fingerprint density at radius 1 is 1.12 bits per heavy atom. The first-order valence-corrected chi connectivity index (χ1v) is 11.0. The molecule has 1 fully saturated rings. The van der Waals surface area contributed by atoms with Crippen LogP contribution in [0.25, 0.3) is 22.3 Å². The maximum absolute atomic E-state index is 12.9. The molecule has 0 bridgehead atoms. The number of aromatic amines is 1. The number of benzene rings is 1. The van der Waals surface area contributed by atoms with Crippen molar-refractivity contribution in [1.82, 2.24) is 24.6 Å². The zero-order chi connectivity index (χ0) is 21.9. The number of nitriles is 1. The second-order valence-corrected chi connectivity index (χ2v) is 8.33. The zero-order valence-corrected chi connectivity index (χ0v) is 17.7. The molecule has 7 nitrogen and oxygen atoms in total. The van der Waals surface area contributed by atoms with Crippen molar-refractivity contribution >= 4 is 16.9 Å². The highest BCUT2D eigenvalue weighted by Crippen LogP contribution is 2.25. The van der Waals surface area contributed by atoms with Gasteiger partial charge in [-0.1, -0.05) is 0 Å². The molecule has 0 spiro atoms. The number of hydrogen-bond donors (Lipinski definition) is 1. The molecule has 3 aromatic heterocycles. The lowest BCUT2D eigenvalue weighted by Crippen LogP contribution is -2.32. The van der Waals surface area contributed by atoms with E-state index in [4.69, 9.17) is 10.2 Å². The van der Waals surface area contributed by atoms with Gasteiger partial charge in [0.2, 0.25) is 0 Å². The third-order valence-electron chi connectivity index (χ3n) is 6.27. The number of likely N-dealkylation sites (tertiary alicyclic amines) is 1. The highest BCUT2D eigenvalue weighted by atomic mass is 16.2. The zero-order valence-electron chi connectivity index (χ0n) is 17.7. The largest absolute Gasteiger partial charge is 0.346 e. The number of pyridine rings is 1. The first-order chi connectivity index (χ1) is 15.7. The van der Waals surface area contributed by atoms with E-state index in [2.05, 4.69) is 39.2 Å². The second-order valence-electron chi connectivity index (χ2n) is 8.33. The summed E-state index contributed by atoms with van der Waals surface area (Å²) in [7, 11) is 0. The lowest BCUT2D eigenvalue weighted by atomic mass is 10.0. The van der Waals surface area contributed by atoms with Crippen molar-refractivity contribution < 1.29 is 4.79 Å². The van der Waals surface area contributed by atoms with E-state index in [9.17, 15) is 4.79 Å². The lowest BCUT2D eigenvalue weighted by molar-refractivity contribution is 0.0759. The van der Waals surface area contributed by atoms with Gasteiger partial charge in [-0.25, -0.2) is 4.98 Å². The number of carbonyl (C=O) groups excluding carboxylic acids is 1. The molecule has 1 saturated heterocycles. The number of aromatic nitrogens is 4. The highest BCUT2D eigenvalue weighted by Gasteiger charge is 2.22. The number of nitrogens with one attached hydrogen (secondary N) is 1. The van der Waals surface area contributed by atoms with Gasteiger partial charge in [-0.15, -0.1) is 0 Å². The Morgan fingerprint density at radius 2 is 2.00 bits per heavy atom. The summed E-state index contributed by atoms with van der Waals surface area (Å²) < 4.78 is 2.28. The monoisotopic (exact) mass is 424 g/mol. The number of amides is 1. The van der Waals surface area contributed by atoms with E-state index < -0.39 is 0 Å². The van der Waals surface area contributed by atoms with E-state index in [-0.39, 0.29) is 5.91 Å². The van der Waals surface area contributed by atoms with Crippen molar-refractivity contribution in [3.8, 4) is 17.3 Å². The first-order valence-electron chi connectivity index (χ1n) is 11.0. The average Bonchev–Trinajstić information content (AvgIpc) is 3.45. The van der Waals surface area contributed by atoms with Crippen LogP contribution in [-0.4, -0.2) is 43.6 Å². The number of H-pyrrole nitrogens is 1. The maximum atomic E-state index is 12.9. The number of rotatable bonds is 4. The molecule has 1 aliphatic rings. The van der Waals surface area contributed by atoms with Crippen LogP contribution in [-0.2, 0) is 6.54 Å². The van der Waals surface area contributed by atoms with Crippen LogP contribution in [0.2, 0.25) is 0 Å². The SMILES string of the molecule is N#Cc1ccc(C(=O)N2CCCC(Cn3ccc4nc(-c5cn[nH]c5)ccc43)CC2)cc1. The molecule has 32 heavy (non-hydrogen) atoms. The molecule has 5 rings (SSSR count). The van der Waals surface area contributed by atoms with Crippen LogP contribution in [0.1, 0.15) is 35.2 Å². The normalized spacial score (nSPS) is 16.6. The van der Waals surface area contributed by atoms with Crippen molar-refractivity contribution in [1.29, 1.82) is 5.26 Å². The molecule has 4 heterocycles. The summed E-state index contributed by atoms with van der Waals surface area (Å²) in [5.74, 6) is 0.565. The van der Waals surface area contributed by atoms with Crippen molar-refractivity contribution in [3.05, 3.63) is 72.2 Å². The molecular weight excluding hydrogens is 400 g/mol. The molecule has 1 N–H and O–H groups in total. The highest BCUT2D eigenvalue weighted by molar-refractivity contribution is 5.94. The van der Waals surface area contributed by atoms with E-state index in [1.165, 1.54) is 0 Å². The Morgan fingerprint density at radius 3 is 2.78 bits per heavy atom. The third-order valence-corrected chi connectivity index (χ3v) is 6.27. The molecule has 0 aliphatic carbocycles. The predicted octanol–water partition coefficient (Wildman–Crippen LogP) is 4.24. The Labute approximate surface area is 186 Å². The molecule has 1 aliphatic heterocycles. The van der Waals surface area contributed by atoms with Crippen molar-refractivity contribution in [2.75, 3.05) is 13.1 Å². The second kappa shape index (κ2) is 8.67. The molecular formula is C25H24N6O. The number of nitrogens with zero attached hydrogens (tertiary/aromatic N) is 5. The van der Waals surface area contributed by atoms with Gasteiger partial charge in [-0.2, -0.15) is 10.4 Å². The van der Waals surface area contributed by atoms with E-state index in [0.717, 1.165) is 61.2 Å². The van der Waals surface area contributed by atoms with Crippen LogP contribution < -0.4 is 0 Å². The molecule has 0 radical (unpaired) electrons. The minimum Gasteiger partial charge on any atom is -0.346 e. The third kappa shape index (κ3) is 4.00. The van der Waals surface area contributed by atoms with Crippen LogP contribution in [0.4, 0.5) is 0 Å². The number of hydrogen-bond acceptors (Lipinski definition) is 4. The first kappa shape index (κ1) is 20.0. The Hall–Kier alpha value is -3.92. The topological polar surface area (TPSA) is 90.6 Å². The fourth-order valence-electron chi connectivity index (χ4n) is 4.48. The fraction of sp³-hybridized carbons (Fsp3) is 0.280. The molecule has 1 unspecified atom stereocenters. The van der Waals surface area contributed by atoms with Gasteiger partial charge in [0.25, 0.3) is 5.91 Å². The summed E-state index contributed by atoms with van der Waals surface area (Å²) in [5, 5.41) is 15.8. The van der Waals surface area contributed by atoms with Gasteiger partial charge in [0.1, 0.15) is 0 Å². The Balaban J connectivity index is 1.25. The Kier molecular flexibility index (Phi) is 5.42. The summed E-state index contributed by atoms with van der Waals surface area (Å²) in [6.45, 7) is 2.46. The van der Waals surface area contributed by atoms with Gasteiger partial charge >= 0.3 is 0 Å². The summed E-state index contributed by atoms with van der Waals surface area (Å²) in [6, 6.07) is 15.2. The van der Waals surface area contributed by atoms with Gasteiger partial charge < -0.3 is 9.47 Å². The van der Waals surface area contributed by atoms with Crippen molar-refractivity contribution in [2.45, 2.75) is 25.8 Å². The van der Waals surface area contributed by atoms with E-state index in [1.54, 1.807) is 30.5 Å². The van der Waals surface area contributed by atoms with Gasteiger partial charge in [-0.3, -0.25) is 9.89 Å². The number of fused-ring (bicyclic) bond motifs is 1. The summed E-state index contributed by atoms with van der Waals surface area (Å²) in [6.07, 6.45) is 8.80.